The summed E-state index contributed by atoms with van der Waals surface area (Å²) in [6, 6.07) is 17.2. The minimum Gasteiger partial charge on any atom is -0.341 e. The summed E-state index contributed by atoms with van der Waals surface area (Å²) >= 11 is 0. The highest BCUT2D eigenvalue weighted by molar-refractivity contribution is 5.88. The fourth-order valence-electron chi connectivity index (χ4n) is 2.69. The molecular weight excluding hydrogens is 242 g/mol. The SMILES string of the molecule is C=CCCCN1c2ccccc2C=Cc2ccccc21. The number of unbranched alkanes of at least 4 members (excludes halogenated alkanes) is 1. The van der Waals surface area contributed by atoms with E-state index in [0.717, 1.165) is 19.4 Å². The smallest absolute Gasteiger partial charge is 0.0484 e. The third-order valence-electron chi connectivity index (χ3n) is 3.69. The average Bonchev–Trinajstić information content (AvgIpc) is 2.66. The molecular formula is C19H19N. The molecule has 20 heavy (non-hydrogen) atoms. The molecule has 1 heteroatoms. The normalized spacial score (nSPS) is 12.5. The van der Waals surface area contributed by atoms with Gasteiger partial charge in [0.25, 0.3) is 0 Å². The summed E-state index contributed by atoms with van der Waals surface area (Å²) in [4.78, 5) is 2.42. The van der Waals surface area contributed by atoms with Gasteiger partial charge in [0.15, 0.2) is 0 Å². The van der Waals surface area contributed by atoms with Crippen molar-refractivity contribution < 1.29 is 0 Å². The maximum absolute atomic E-state index is 3.82. The largest absolute Gasteiger partial charge is 0.341 e. The number of fused-ring (bicyclic) bond motifs is 2. The third kappa shape index (κ3) is 2.39. The van der Waals surface area contributed by atoms with Crippen LogP contribution in [0.25, 0.3) is 12.2 Å². The van der Waals surface area contributed by atoms with Crippen LogP contribution in [0.2, 0.25) is 0 Å². The van der Waals surface area contributed by atoms with Gasteiger partial charge in [-0.25, -0.2) is 0 Å². The van der Waals surface area contributed by atoms with Gasteiger partial charge in [-0.15, -0.1) is 6.58 Å². The summed E-state index contributed by atoms with van der Waals surface area (Å²) in [6.45, 7) is 4.84. The van der Waals surface area contributed by atoms with Crippen molar-refractivity contribution in [3.63, 3.8) is 0 Å². The van der Waals surface area contributed by atoms with Crippen LogP contribution in [0.4, 0.5) is 11.4 Å². The van der Waals surface area contributed by atoms with Crippen molar-refractivity contribution in [2.75, 3.05) is 11.4 Å². The molecule has 0 unspecified atom stereocenters. The van der Waals surface area contributed by atoms with Crippen LogP contribution in [0.5, 0.6) is 0 Å². The van der Waals surface area contributed by atoms with Crippen molar-refractivity contribution in [3.05, 3.63) is 72.3 Å². The first-order valence-corrected chi connectivity index (χ1v) is 7.15. The molecule has 0 bridgehead atoms. The number of hydrogen-bond acceptors (Lipinski definition) is 1. The van der Waals surface area contributed by atoms with Crippen LogP contribution in [0, 0.1) is 0 Å². The van der Waals surface area contributed by atoms with E-state index in [1.165, 1.54) is 22.5 Å². The Morgan fingerprint density at radius 1 is 0.850 bits per heavy atom. The first-order chi connectivity index (χ1) is 9.90. The predicted octanol–water partition coefficient (Wildman–Crippen LogP) is 5.27. The molecule has 1 heterocycles. The molecule has 0 spiro atoms. The molecule has 0 amide bonds. The molecule has 0 N–H and O–H groups in total. The van der Waals surface area contributed by atoms with E-state index >= 15 is 0 Å². The number of anilines is 2. The highest BCUT2D eigenvalue weighted by Gasteiger charge is 2.16. The van der Waals surface area contributed by atoms with E-state index in [0.29, 0.717) is 0 Å². The second-order valence-corrected chi connectivity index (χ2v) is 5.03. The van der Waals surface area contributed by atoms with E-state index in [-0.39, 0.29) is 0 Å². The molecule has 1 aliphatic heterocycles. The number of hydrogen-bond donors (Lipinski definition) is 0. The van der Waals surface area contributed by atoms with E-state index in [1.807, 2.05) is 6.08 Å². The number of para-hydroxylation sites is 2. The summed E-state index contributed by atoms with van der Waals surface area (Å²) in [6.07, 6.45) is 8.58. The van der Waals surface area contributed by atoms with Crippen LogP contribution in [0.3, 0.4) is 0 Å². The number of rotatable bonds is 4. The van der Waals surface area contributed by atoms with Crippen molar-refractivity contribution in [2.45, 2.75) is 12.8 Å². The van der Waals surface area contributed by atoms with Crippen molar-refractivity contribution >= 4 is 23.5 Å². The Bertz CT molecular complexity index is 590. The molecule has 0 atom stereocenters. The van der Waals surface area contributed by atoms with Gasteiger partial charge in [-0.2, -0.15) is 0 Å². The molecule has 2 aromatic carbocycles. The molecule has 0 aromatic heterocycles. The summed E-state index contributed by atoms with van der Waals surface area (Å²) in [5.41, 5.74) is 5.14. The van der Waals surface area contributed by atoms with E-state index in [4.69, 9.17) is 0 Å². The van der Waals surface area contributed by atoms with Gasteiger partial charge in [0.2, 0.25) is 0 Å². The van der Waals surface area contributed by atoms with Crippen LogP contribution in [0.1, 0.15) is 24.0 Å². The fraction of sp³-hybridized carbons (Fsp3) is 0.158. The maximum atomic E-state index is 3.82. The Hall–Kier alpha value is -2.28. The third-order valence-corrected chi connectivity index (χ3v) is 3.69. The first-order valence-electron chi connectivity index (χ1n) is 7.15. The molecule has 2 aromatic rings. The Balaban J connectivity index is 2.05. The topological polar surface area (TPSA) is 3.24 Å². The average molecular weight is 261 g/mol. The maximum Gasteiger partial charge on any atom is 0.0484 e. The minimum absolute atomic E-state index is 1.02. The Labute approximate surface area is 120 Å². The van der Waals surface area contributed by atoms with Gasteiger partial charge in [-0.1, -0.05) is 54.6 Å². The molecule has 0 saturated heterocycles. The zero-order valence-electron chi connectivity index (χ0n) is 11.6. The van der Waals surface area contributed by atoms with Gasteiger partial charge in [0.1, 0.15) is 0 Å². The Morgan fingerprint density at radius 2 is 1.40 bits per heavy atom. The van der Waals surface area contributed by atoms with Crippen LogP contribution in [0.15, 0.2) is 61.2 Å². The number of benzene rings is 2. The zero-order chi connectivity index (χ0) is 13.8. The molecule has 1 aliphatic rings. The lowest BCUT2D eigenvalue weighted by molar-refractivity contribution is 0.826. The van der Waals surface area contributed by atoms with Crippen LogP contribution < -0.4 is 4.90 Å². The van der Waals surface area contributed by atoms with Crippen LogP contribution >= 0.6 is 0 Å². The Kier molecular flexibility index (Phi) is 3.69. The molecule has 0 radical (unpaired) electrons. The fourth-order valence-corrected chi connectivity index (χ4v) is 2.69. The van der Waals surface area contributed by atoms with Gasteiger partial charge in [-0.05, 0) is 36.1 Å². The Morgan fingerprint density at radius 3 is 1.95 bits per heavy atom. The van der Waals surface area contributed by atoms with Gasteiger partial charge in [-0.3, -0.25) is 0 Å². The lowest BCUT2D eigenvalue weighted by Gasteiger charge is -2.26. The minimum atomic E-state index is 1.02. The molecule has 1 nitrogen and oxygen atoms in total. The van der Waals surface area contributed by atoms with Gasteiger partial charge < -0.3 is 4.90 Å². The van der Waals surface area contributed by atoms with Gasteiger partial charge in [0, 0.05) is 17.9 Å². The van der Waals surface area contributed by atoms with Crippen LogP contribution in [-0.2, 0) is 0 Å². The van der Waals surface area contributed by atoms with Gasteiger partial charge in [0.05, 0.1) is 0 Å². The zero-order valence-corrected chi connectivity index (χ0v) is 11.6. The monoisotopic (exact) mass is 261 g/mol. The van der Waals surface area contributed by atoms with E-state index in [1.54, 1.807) is 0 Å². The molecule has 100 valence electrons. The van der Waals surface area contributed by atoms with E-state index < -0.39 is 0 Å². The van der Waals surface area contributed by atoms with Crippen molar-refractivity contribution in [1.29, 1.82) is 0 Å². The summed E-state index contributed by atoms with van der Waals surface area (Å²) in [7, 11) is 0. The summed E-state index contributed by atoms with van der Waals surface area (Å²) in [5, 5.41) is 0. The van der Waals surface area contributed by atoms with Crippen LogP contribution in [-0.4, -0.2) is 6.54 Å². The second-order valence-electron chi connectivity index (χ2n) is 5.03. The lowest BCUT2D eigenvalue weighted by Crippen LogP contribution is -2.19. The molecule has 0 saturated carbocycles. The van der Waals surface area contributed by atoms with Gasteiger partial charge >= 0.3 is 0 Å². The predicted molar refractivity (Wildman–Crippen MR) is 88.2 cm³/mol. The van der Waals surface area contributed by atoms with Crippen molar-refractivity contribution in [3.8, 4) is 0 Å². The number of nitrogens with zero attached hydrogens (tertiary/aromatic N) is 1. The van der Waals surface area contributed by atoms with E-state index in [9.17, 15) is 0 Å². The molecule has 3 rings (SSSR count). The summed E-state index contributed by atoms with van der Waals surface area (Å²) in [5.74, 6) is 0. The number of allylic oxidation sites excluding steroid dienone is 1. The summed E-state index contributed by atoms with van der Waals surface area (Å²) < 4.78 is 0. The highest BCUT2D eigenvalue weighted by Crippen LogP contribution is 2.36. The molecule has 0 fully saturated rings. The molecule has 0 aliphatic carbocycles. The van der Waals surface area contributed by atoms with Crippen molar-refractivity contribution in [2.24, 2.45) is 0 Å². The van der Waals surface area contributed by atoms with Crippen molar-refractivity contribution in [1.82, 2.24) is 0 Å². The quantitative estimate of drug-likeness (QED) is 0.535. The first kappa shape index (κ1) is 12.7. The lowest BCUT2D eigenvalue weighted by atomic mass is 10.1. The highest BCUT2D eigenvalue weighted by atomic mass is 15.1. The standard InChI is InChI=1S/C19H19N/c1-2-3-8-15-20-18-11-6-4-9-16(18)13-14-17-10-5-7-12-19(17)20/h2,4-7,9-14H,1,3,8,15H2. The second kappa shape index (κ2) is 5.79. The van der Waals surface area contributed by atoms with E-state index in [2.05, 4.69) is 72.2 Å².